The summed E-state index contributed by atoms with van der Waals surface area (Å²) >= 11 is 13.5. The molecule has 0 bridgehead atoms. The van der Waals surface area contributed by atoms with Gasteiger partial charge in [0, 0.05) is 17.5 Å². The molecule has 0 unspecified atom stereocenters. The summed E-state index contributed by atoms with van der Waals surface area (Å²) in [6, 6.07) is 16.5. The number of hydrogen-bond acceptors (Lipinski definition) is 4. The third-order valence-electron chi connectivity index (χ3n) is 6.05. The van der Waals surface area contributed by atoms with Crippen LogP contribution in [-0.4, -0.2) is 30.2 Å². The molecule has 1 N–H and O–H groups in total. The number of aromatic nitrogens is 2. The molecule has 1 saturated carbocycles. The molecule has 0 radical (unpaired) electrons. The topological polar surface area (TPSA) is 72.0 Å². The van der Waals surface area contributed by atoms with Crippen LogP contribution in [0.15, 0.2) is 59.5 Å². The molecule has 3 aromatic carbocycles. The lowest BCUT2D eigenvalue weighted by molar-refractivity contribution is 0.243. The number of nitrogens with zero attached hydrogens (tertiary/aromatic N) is 1. The second kappa shape index (κ2) is 9.49. The van der Waals surface area contributed by atoms with Crippen molar-refractivity contribution in [2.24, 2.45) is 5.92 Å². The molecule has 0 saturated heterocycles. The van der Waals surface area contributed by atoms with Gasteiger partial charge in [-0.05, 0) is 62.4 Å². The van der Waals surface area contributed by atoms with Crippen molar-refractivity contribution in [2.75, 3.05) is 5.75 Å². The second-order valence-electron chi connectivity index (χ2n) is 9.33. The highest BCUT2D eigenvalue weighted by Crippen LogP contribution is 2.43. The van der Waals surface area contributed by atoms with Crippen molar-refractivity contribution in [1.82, 2.24) is 9.97 Å². The van der Waals surface area contributed by atoms with Crippen molar-refractivity contribution < 1.29 is 13.2 Å². The van der Waals surface area contributed by atoms with Crippen molar-refractivity contribution in [3.8, 4) is 16.9 Å². The predicted molar refractivity (Wildman–Crippen MR) is 141 cm³/mol. The van der Waals surface area contributed by atoms with Gasteiger partial charge in [0.1, 0.15) is 11.6 Å². The molecular formula is C27H26Cl2N2O3S. The molecule has 8 heteroatoms. The first kappa shape index (κ1) is 24.2. The summed E-state index contributed by atoms with van der Waals surface area (Å²) in [5, 5.41) is 0.971. The van der Waals surface area contributed by atoms with E-state index in [1.54, 1.807) is 18.2 Å². The number of H-pyrrole nitrogens is 1. The number of aromatic amines is 1. The lowest BCUT2D eigenvalue weighted by Gasteiger charge is -2.16. The maximum atomic E-state index is 12.5. The number of benzene rings is 3. The number of ether oxygens (including phenoxy) is 1. The van der Waals surface area contributed by atoms with Crippen LogP contribution in [0, 0.1) is 5.92 Å². The van der Waals surface area contributed by atoms with Gasteiger partial charge in [-0.15, -0.1) is 0 Å². The Kier molecular flexibility index (Phi) is 6.55. The van der Waals surface area contributed by atoms with E-state index in [-0.39, 0.29) is 11.9 Å². The molecule has 5 rings (SSSR count). The quantitative estimate of drug-likeness (QED) is 0.264. The Morgan fingerprint density at radius 3 is 2.49 bits per heavy atom. The monoisotopic (exact) mass is 528 g/mol. The van der Waals surface area contributed by atoms with Crippen molar-refractivity contribution in [3.63, 3.8) is 0 Å². The van der Waals surface area contributed by atoms with Crippen LogP contribution in [0.2, 0.25) is 10.0 Å². The molecule has 0 spiro atoms. The van der Waals surface area contributed by atoms with Gasteiger partial charge < -0.3 is 9.72 Å². The third-order valence-corrected chi connectivity index (χ3v) is 8.62. The van der Waals surface area contributed by atoms with Crippen LogP contribution >= 0.6 is 23.2 Å². The lowest BCUT2D eigenvalue weighted by atomic mass is 10.0. The summed E-state index contributed by atoms with van der Waals surface area (Å²) in [6.07, 6.45) is 2.53. The molecule has 0 amide bonds. The first-order valence-electron chi connectivity index (χ1n) is 11.7. The van der Waals surface area contributed by atoms with Gasteiger partial charge in [-0.3, -0.25) is 0 Å². The molecule has 0 atom stereocenters. The molecule has 0 aliphatic heterocycles. The fourth-order valence-electron chi connectivity index (χ4n) is 4.19. The van der Waals surface area contributed by atoms with Crippen LogP contribution in [0.5, 0.6) is 5.75 Å². The summed E-state index contributed by atoms with van der Waals surface area (Å²) in [7, 11) is -3.23. The van der Waals surface area contributed by atoms with Gasteiger partial charge in [-0.1, -0.05) is 53.5 Å². The Bertz CT molecular complexity index is 1490. The molecule has 1 aliphatic rings. The van der Waals surface area contributed by atoms with E-state index in [1.807, 2.05) is 50.2 Å². The van der Waals surface area contributed by atoms with Gasteiger partial charge in [0.15, 0.2) is 9.84 Å². The van der Waals surface area contributed by atoms with Crippen molar-refractivity contribution in [1.29, 1.82) is 0 Å². The molecule has 4 aromatic rings. The Balaban J connectivity index is 1.44. The van der Waals surface area contributed by atoms with Crippen molar-refractivity contribution >= 4 is 44.1 Å². The fourth-order valence-corrected chi connectivity index (χ4v) is 6.58. The SMILES string of the molecule is CC(C)Oc1ccccc1-c1c(Cl)cc2nc(Cc3ccc(S(=O)(=O)CC4CC4)cc3)[nH]c2c1Cl. The van der Waals surface area contributed by atoms with Crippen molar-refractivity contribution in [2.45, 2.75) is 44.1 Å². The number of fused-ring (bicyclic) bond motifs is 1. The summed E-state index contributed by atoms with van der Waals surface area (Å²) in [4.78, 5) is 8.38. The Morgan fingerprint density at radius 1 is 1.09 bits per heavy atom. The van der Waals surface area contributed by atoms with Crippen LogP contribution in [0.4, 0.5) is 0 Å². The highest BCUT2D eigenvalue weighted by molar-refractivity contribution is 7.91. The lowest BCUT2D eigenvalue weighted by Crippen LogP contribution is -2.08. The average Bonchev–Trinajstić information content (AvgIpc) is 3.51. The number of nitrogens with one attached hydrogen (secondary N) is 1. The molecule has 35 heavy (non-hydrogen) atoms. The number of imidazole rings is 1. The average molecular weight is 529 g/mol. The molecule has 1 fully saturated rings. The molecule has 1 aromatic heterocycles. The zero-order valence-electron chi connectivity index (χ0n) is 19.5. The van der Waals surface area contributed by atoms with Gasteiger partial charge in [-0.25, -0.2) is 13.4 Å². The van der Waals surface area contributed by atoms with E-state index in [0.29, 0.717) is 49.6 Å². The first-order valence-corrected chi connectivity index (χ1v) is 14.1. The summed E-state index contributed by atoms with van der Waals surface area (Å²) in [6.45, 7) is 3.94. The summed E-state index contributed by atoms with van der Waals surface area (Å²) < 4.78 is 31.0. The number of hydrogen-bond donors (Lipinski definition) is 1. The van der Waals surface area contributed by atoms with E-state index >= 15 is 0 Å². The molecule has 1 aliphatic carbocycles. The summed E-state index contributed by atoms with van der Waals surface area (Å²) in [5.41, 5.74) is 3.83. The highest BCUT2D eigenvalue weighted by atomic mass is 35.5. The molecular weight excluding hydrogens is 503 g/mol. The molecule has 182 valence electrons. The van der Waals surface area contributed by atoms with Gasteiger partial charge in [0.05, 0.1) is 37.8 Å². The number of rotatable bonds is 8. The molecule has 5 nitrogen and oxygen atoms in total. The standard InChI is InChI=1S/C27H26Cl2N2O3S/c1-16(2)34-23-6-4-3-5-20(23)25-21(28)14-22-27(26(25)29)31-24(30-22)13-17-9-11-19(12-10-17)35(32,33)15-18-7-8-18/h3-6,9-12,14,16,18H,7-8,13,15H2,1-2H3,(H,30,31). The van der Waals surface area contributed by atoms with Crippen molar-refractivity contribution in [3.05, 3.63) is 76.0 Å². The number of para-hydroxylation sites is 1. The molecule has 1 heterocycles. The van der Waals surface area contributed by atoms with E-state index in [0.717, 1.165) is 29.8 Å². The number of halogens is 2. The largest absolute Gasteiger partial charge is 0.490 e. The Hall–Kier alpha value is -2.54. The predicted octanol–water partition coefficient (Wildman–Crippen LogP) is 7.10. The smallest absolute Gasteiger partial charge is 0.178 e. The maximum absolute atomic E-state index is 12.5. The van der Waals surface area contributed by atoms with E-state index in [1.165, 1.54) is 0 Å². The Morgan fingerprint density at radius 2 is 1.80 bits per heavy atom. The highest BCUT2D eigenvalue weighted by Gasteiger charge is 2.29. The number of sulfone groups is 1. The third kappa shape index (κ3) is 5.20. The zero-order chi connectivity index (χ0) is 24.7. The summed E-state index contributed by atoms with van der Waals surface area (Å²) in [5.74, 6) is 1.99. The van der Waals surface area contributed by atoms with Crippen LogP contribution < -0.4 is 4.74 Å². The van der Waals surface area contributed by atoms with E-state index in [2.05, 4.69) is 9.97 Å². The van der Waals surface area contributed by atoms with Gasteiger partial charge in [-0.2, -0.15) is 0 Å². The maximum Gasteiger partial charge on any atom is 0.178 e. The minimum atomic E-state index is -3.23. The fraction of sp³-hybridized carbons (Fsp3) is 0.296. The normalized spacial score (nSPS) is 14.1. The minimum Gasteiger partial charge on any atom is -0.490 e. The van der Waals surface area contributed by atoms with E-state index < -0.39 is 9.84 Å². The van der Waals surface area contributed by atoms with Gasteiger partial charge in [0.25, 0.3) is 0 Å². The van der Waals surface area contributed by atoms with E-state index in [4.69, 9.17) is 27.9 Å². The zero-order valence-corrected chi connectivity index (χ0v) is 21.8. The van der Waals surface area contributed by atoms with Crippen LogP contribution in [0.3, 0.4) is 0 Å². The Labute approximate surface area is 215 Å². The van der Waals surface area contributed by atoms with Crippen LogP contribution in [-0.2, 0) is 16.3 Å². The second-order valence-corrected chi connectivity index (χ2v) is 12.2. The first-order chi connectivity index (χ1) is 16.7. The van der Waals surface area contributed by atoms with Gasteiger partial charge >= 0.3 is 0 Å². The van der Waals surface area contributed by atoms with E-state index in [9.17, 15) is 8.42 Å². The van der Waals surface area contributed by atoms with Gasteiger partial charge in [0.2, 0.25) is 0 Å². The minimum absolute atomic E-state index is 0.00581. The van der Waals surface area contributed by atoms with Crippen LogP contribution in [0.25, 0.3) is 22.2 Å². The van der Waals surface area contributed by atoms with Crippen LogP contribution in [0.1, 0.15) is 38.1 Å².